The molecule has 0 amide bonds. The molecule has 26 heavy (non-hydrogen) atoms. The summed E-state index contributed by atoms with van der Waals surface area (Å²) in [5.74, 6) is -0.664. The maximum atomic E-state index is 14.0. The summed E-state index contributed by atoms with van der Waals surface area (Å²) in [6.45, 7) is 2.20. The molecule has 2 aromatic rings. The van der Waals surface area contributed by atoms with Crippen LogP contribution < -0.4 is 0 Å². The first-order chi connectivity index (χ1) is 12.4. The number of alkyl halides is 3. The molecule has 0 aromatic heterocycles. The Kier molecular flexibility index (Phi) is 7.43. The predicted molar refractivity (Wildman–Crippen MR) is 99.4 cm³/mol. The third kappa shape index (κ3) is 6.66. The number of rotatable bonds is 8. The smallest absolute Gasteiger partial charge is 0.206 e. The zero-order valence-electron chi connectivity index (χ0n) is 15.0. The van der Waals surface area contributed by atoms with Crippen LogP contribution in [0.4, 0.5) is 17.6 Å². The van der Waals surface area contributed by atoms with Gasteiger partial charge < -0.3 is 0 Å². The summed E-state index contributed by atoms with van der Waals surface area (Å²) in [7, 11) is 0. The van der Waals surface area contributed by atoms with Gasteiger partial charge in [-0.15, -0.1) is 0 Å². The van der Waals surface area contributed by atoms with Gasteiger partial charge in [-0.25, -0.2) is 4.39 Å². The first-order valence-corrected chi connectivity index (χ1v) is 9.04. The van der Waals surface area contributed by atoms with Crippen molar-refractivity contribution in [2.45, 2.75) is 51.6 Å². The monoisotopic (exact) mass is 364 g/mol. The van der Waals surface area contributed by atoms with Gasteiger partial charge >= 0.3 is 6.18 Å². The van der Waals surface area contributed by atoms with Gasteiger partial charge in [-0.1, -0.05) is 69.0 Å². The van der Waals surface area contributed by atoms with Crippen molar-refractivity contribution in [1.82, 2.24) is 0 Å². The van der Waals surface area contributed by atoms with Crippen LogP contribution >= 0.6 is 0 Å². The van der Waals surface area contributed by atoms with E-state index in [4.69, 9.17) is 0 Å². The van der Waals surface area contributed by atoms with E-state index >= 15 is 0 Å². The highest BCUT2D eigenvalue weighted by Gasteiger charge is 2.22. The number of halogens is 4. The van der Waals surface area contributed by atoms with Gasteiger partial charge in [0.25, 0.3) is 0 Å². The standard InChI is InChI=1S/C22H24F4/c1-2-3-4-5-6-7-17-8-10-18(11-9-17)20-13-12-19(21(23)16-20)14-15-22(24,25)26/h8-16H,2-7H2,1H3/b15-14+. The van der Waals surface area contributed by atoms with Crippen LogP contribution in [0.5, 0.6) is 0 Å². The van der Waals surface area contributed by atoms with Crippen LogP contribution in [-0.4, -0.2) is 6.18 Å². The molecule has 2 aromatic carbocycles. The molecule has 0 saturated carbocycles. The van der Waals surface area contributed by atoms with Gasteiger partial charge in [0.1, 0.15) is 5.82 Å². The molecule has 0 nitrogen and oxygen atoms in total. The molecule has 0 aliphatic heterocycles. The minimum absolute atomic E-state index is 0.0421. The summed E-state index contributed by atoms with van der Waals surface area (Å²) in [5.41, 5.74) is 2.68. The SMILES string of the molecule is CCCCCCCc1ccc(-c2ccc(/C=C/C(F)(F)F)c(F)c2)cc1. The highest BCUT2D eigenvalue weighted by molar-refractivity contribution is 5.66. The Labute approximate surface area is 152 Å². The van der Waals surface area contributed by atoms with Crippen LogP contribution in [0.3, 0.4) is 0 Å². The van der Waals surface area contributed by atoms with Crippen molar-refractivity contribution >= 4 is 6.08 Å². The van der Waals surface area contributed by atoms with Gasteiger partial charge in [0, 0.05) is 11.6 Å². The first-order valence-electron chi connectivity index (χ1n) is 9.04. The van der Waals surface area contributed by atoms with Gasteiger partial charge in [0.15, 0.2) is 0 Å². The second-order valence-corrected chi connectivity index (χ2v) is 6.47. The average Bonchev–Trinajstić information content (AvgIpc) is 2.60. The van der Waals surface area contributed by atoms with Crippen LogP contribution in [0.15, 0.2) is 48.5 Å². The Morgan fingerprint density at radius 2 is 1.50 bits per heavy atom. The minimum Gasteiger partial charge on any atom is -0.206 e. The van der Waals surface area contributed by atoms with Crippen molar-refractivity contribution < 1.29 is 17.6 Å². The molecule has 0 aliphatic rings. The summed E-state index contributed by atoms with van der Waals surface area (Å²) < 4.78 is 50.6. The Bertz CT molecular complexity index is 712. The Balaban J connectivity index is 2.00. The van der Waals surface area contributed by atoms with Crippen LogP contribution in [-0.2, 0) is 6.42 Å². The van der Waals surface area contributed by atoms with Crippen molar-refractivity contribution in [3.8, 4) is 11.1 Å². The maximum absolute atomic E-state index is 14.0. The Hall–Kier alpha value is -2.10. The number of aryl methyl sites for hydroxylation is 1. The highest BCUT2D eigenvalue weighted by Crippen LogP contribution is 2.25. The molecule has 0 spiro atoms. The van der Waals surface area contributed by atoms with Crippen LogP contribution in [0.1, 0.15) is 50.2 Å². The molecule has 4 heteroatoms. The van der Waals surface area contributed by atoms with Crippen molar-refractivity contribution in [1.29, 1.82) is 0 Å². The van der Waals surface area contributed by atoms with E-state index in [1.165, 1.54) is 43.4 Å². The fourth-order valence-corrected chi connectivity index (χ4v) is 2.82. The fraction of sp³-hybridized carbons (Fsp3) is 0.364. The molecule has 0 aliphatic carbocycles. The average molecular weight is 364 g/mol. The van der Waals surface area contributed by atoms with Gasteiger partial charge in [-0.3, -0.25) is 0 Å². The number of allylic oxidation sites excluding steroid dienone is 1. The summed E-state index contributed by atoms with van der Waals surface area (Å²) in [6.07, 6.45) is 3.54. The fourth-order valence-electron chi connectivity index (χ4n) is 2.82. The summed E-state index contributed by atoms with van der Waals surface area (Å²) >= 11 is 0. The molecule has 0 saturated heterocycles. The van der Waals surface area contributed by atoms with Crippen molar-refractivity contribution in [2.24, 2.45) is 0 Å². The highest BCUT2D eigenvalue weighted by atomic mass is 19.4. The zero-order valence-corrected chi connectivity index (χ0v) is 15.0. The second kappa shape index (κ2) is 9.56. The number of hydrogen-bond donors (Lipinski definition) is 0. The lowest BCUT2D eigenvalue weighted by Gasteiger charge is -2.07. The predicted octanol–water partition coefficient (Wildman–Crippen LogP) is 7.58. The van der Waals surface area contributed by atoms with Crippen molar-refractivity contribution in [2.75, 3.05) is 0 Å². The van der Waals surface area contributed by atoms with Gasteiger partial charge in [-0.05, 0) is 41.7 Å². The topological polar surface area (TPSA) is 0 Å². The summed E-state index contributed by atoms with van der Waals surface area (Å²) in [6, 6.07) is 12.2. The first kappa shape index (κ1) is 20.2. The molecule has 0 atom stereocenters. The lowest BCUT2D eigenvalue weighted by Crippen LogP contribution is -2.00. The zero-order chi connectivity index (χ0) is 19.0. The quantitative estimate of drug-likeness (QED) is 0.334. The molecule has 0 heterocycles. The third-order valence-electron chi connectivity index (χ3n) is 4.31. The lowest BCUT2D eigenvalue weighted by molar-refractivity contribution is -0.0790. The summed E-state index contributed by atoms with van der Waals surface area (Å²) in [5, 5.41) is 0. The van der Waals surface area contributed by atoms with E-state index in [-0.39, 0.29) is 11.6 Å². The molecule has 2 rings (SSSR count). The van der Waals surface area contributed by atoms with Crippen LogP contribution in [0, 0.1) is 5.82 Å². The van der Waals surface area contributed by atoms with E-state index in [0.717, 1.165) is 24.5 Å². The van der Waals surface area contributed by atoms with E-state index in [1.807, 2.05) is 24.3 Å². The number of benzene rings is 2. The van der Waals surface area contributed by atoms with Crippen LogP contribution in [0.2, 0.25) is 0 Å². The van der Waals surface area contributed by atoms with E-state index in [2.05, 4.69) is 6.92 Å². The van der Waals surface area contributed by atoms with Gasteiger partial charge in [-0.2, -0.15) is 13.2 Å². The van der Waals surface area contributed by atoms with Gasteiger partial charge in [0.2, 0.25) is 0 Å². The number of unbranched alkanes of at least 4 members (excludes halogenated alkanes) is 4. The van der Waals surface area contributed by atoms with E-state index in [9.17, 15) is 17.6 Å². The normalized spacial score (nSPS) is 12.0. The second-order valence-electron chi connectivity index (χ2n) is 6.47. The Morgan fingerprint density at radius 1 is 0.846 bits per heavy atom. The summed E-state index contributed by atoms with van der Waals surface area (Å²) in [4.78, 5) is 0. The molecule has 0 fully saturated rings. The molecule has 0 N–H and O–H groups in total. The van der Waals surface area contributed by atoms with Crippen LogP contribution in [0.25, 0.3) is 17.2 Å². The molecule has 0 unspecified atom stereocenters. The maximum Gasteiger partial charge on any atom is 0.409 e. The number of hydrogen-bond acceptors (Lipinski definition) is 0. The van der Waals surface area contributed by atoms with Crippen molar-refractivity contribution in [3.63, 3.8) is 0 Å². The molecular weight excluding hydrogens is 340 g/mol. The van der Waals surface area contributed by atoms with Crippen molar-refractivity contribution in [3.05, 3.63) is 65.5 Å². The lowest BCUT2D eigenvalue weighted by atomic mass is 9.99. The van der Waals surface area contributed by atoms with E-state index < -0.39 is 12.0 Å². The largest absolute Gasteiger partial charge is 0.409 e. The minimum atomic E-state index is -4.45. The van der Waals surface area contributed by atoms with Gasteiger partial charge in [0.05, 0.1) is 0 Å². The molecule has 140 valence electrons. The van der Waals surface area contributed by atoms with E-state index in [0.29, 0.717) is 5.56 Å². The van der Waals surface area contributed by atoms with E-state index in [1.54, 1.807) is 6.07 Å². The Morgan fingerprint density at radius 3 is 2.12 bits per heavy atom. The molecule has 0 bridgehead atoms. The molecular formula is C22H24F4. The molecule has 0 radical (unpaired) electrons. The third-order valence-corrected chi connectivity index (χ3v) is 4.31.